The van der Waals surface area contributed by atoms with Crippen LogP contribution in [0.4, 0.5) is 5.69 Å². The maximum atomic E-state index is 12.3. The molecule has 9 nitrogen and oxygen atoms in total. The van der Waals surface area contributed by atoms with Crippen molar-refractivity contribution in [3.63, 3.8) is 0 Å². The third-order valence-corrected chi connectivity index (χ3v) is 4.40. The molecule has 9 heteroatoms. The van der Waals surface area contributed by atoms with Gasteiger partial charge in [-0.3, -0.25) is 14.4 Å². The molecule has 0 radical (unpaired) electrons. The van der Waals surface area contributed by atoms with Crippen LogP contribution < -0.4 is 20.7 Å². The van der Waals surface area contributed by atoms with E-state index in [2.05, 4.69) is 5.32 Å². The number of fused-ring (bicyclic) bond motifs is 1. The summed E-state index contributed by atoms with van der Waals surface area (Å²) in [6.07, 6.45) is 0.171. The van der Waals surface area contributed by atoms with E-state index < -0.39 is 5.91 Å². The predicted molar refractivity (Wildman–Crippen MR) is 99.8 cm³/mol. The van der Waals surface area contributed by atoms with E-state index >= 15 is 0 Å². The molecule has 0 spiro atoms. The van der Waals surface area contributed by atoms with Crippen molar-refractivity contribution in [2.75, 3.05) is 52.4 Å². The Morgan fingerprint density at radius 2 is 2.15 bits per heavy atom. The van der Waals surface area contributed by atoms with Crippen LogP contribution >= 0.6 is 0 Å². The minimum absolute atomic E-state index is 0.126. The zero-order valence-corrected chi connectivity index (χ0v) is 15.9. The number of likely N-dealkylation sites (N-methyl/N-ethyl adjacent to an activating group) is 2. The maximum Gasteiger partial charge on any atom is 0.251 e. The van der Waals surface area contributed by atoms with Crippen LogP contribution in [0.15, 0.2) is 18.2 Å². The molecular weight excluding hydrogens is 352 g/mol. The Kier molecular flexibility index (Phi) is 7.00. The highest BCUT2D eigenvalue weighted by Crippen LogP contribution is 2.34. The summed E-state index contributed by atoms with van der Waals surface area (Å²) in [5.41, 5.74) is 6.36. The van der Waals surface area contributed by atoms with Crippen molar-refractivity contribution < 1.29 is 23.9 Å². The molecule has 1 aliphatic heterocycles. The zero-order chi connectivity index (χ0) is 20.0. The number of nitrogens with one attached hydrogen (secondary N) is 1. The van der Waals surface area contributed by atoms with Gasteiger partial charge in [0.05, 0.1) is 31.3 Å². The maximum absolute atomic E-state index is 12.3. The first-order chi connectivity index (χ1) is 12.8. The van der Waals surface area contributed by atoms with Crippen LogP contribution in [0, 0.1) is 0 Å². The lowest BCUT2D eigenvalue weighted by molar-refractivity contribution is -0.134. The summed E-state index contributed by atoms with van der Waals surface area (Å²) in [6.45, 7) is 1.06. The smallest absolute Gasteiger partial charge is 0.251 e. The van der Waals surface area contributed by atoms with Gasteiger partial charge in [-0.15, -0.1) is 0 Å². The minimum Gasteiger partial charge on any atom is -0.489 e. The third-order valence-electron chi connectivity index (χ3n) is 4.40. The fourth-order valence-corrected chi connectivity index (χ4v) is 2.79. The lowest BCUT2D eigenvalue weighted by Gasteiger charge is -2.36. The first-order valence-electron chi connectivity index (χ1n) is 8.62. The lowest BCUT2D eigenvalue weighted by atomic mass is 10.1. The number of carbonyl (C=O) groups excluding carboxylic acids is 3. The molecule has 0 bridgehead atoms. The Balaban J connectivity index is 2.07. The van der Waals surface area contributed by atoms with E-state index in [0.29, 0.717) is 31.1 Å². The summed E-state index contributed by atoms with van der Waals surface area (Å²) >= 11 is 0. The Bertz CT molecular complexity index is 709. The monoisotopic (exact) mass is 378 g/mol. The highest BCUT2D eigenvalue weighted by atomic mass is 16.5. The molecule has 0 aliphatic carbocycles. The van der Waals surface area contributed by atoms with Crippen molar-refractivity contribution in [2.24, 2.45) is 5.73 Å². The first kappa shape index (κ1) is 20.5. The number of hydrogen-bond acceptors (Lipinski definition) is 6. The number of anilines is 1. The number of primary amides is 1. The molecule has 1 heterocycles. The molecule has 3 amide bonds. The third kappa shape index (κ3) is 5.33. The highest BCUT2D eigenvalue weighted by Gasteiger charge is 2.28. The summed E-state index contributed by atoms with van der Waals surface area (Å²) in [6, 6.07) is 4.96. The minimum atomic E-state index is -0.562. The molecular formula is C18H26N4O5. The van der Waals surface area contributed by atoms with Gasteiger partial charge in [0.1, 0.15) is 12.4 Å². The molecule has 0 unspecified atom stereocenters. The molecule has 148 valence electrons. The van der Waals surface area contributed by atoms with E-state index in [1.807, 2.05) is 11.9 Å². The van der Waals surface area contributed by atoms with E-state index in [9.17, 15) is 14.4 Å². The molecule has 0 aromatic heterocycles. The van der Waals surface area contributed by atoms with E-state index in [-0.39, 0.29) is 30.8 Å². The average Bonchev–Trinajstić information content (AvgIpc) is 2.63. The molecule has 1 aromatic rings. The molecule has 1 atom stereocenters. The summed E-state index contributed by atoms with van der Waals surface area (Å²) in [5.74, 6) is -0.317. The van der Waals surface area contributed by atoms with Crippen LogP contribution in [0.3, 0.4) is 0 Å². The number of carbonyl (C=O) groups is 3. The second kappa shape index (κ2) is 9.22. The quantitative estimate of drug-likeness (QED) is 0.595. The van der Waals surface area contributed by atoms with Gasteiger partial charge in [0, 0.05) is 33.3 Å². The fraction of sp³-hybridized carbons (Fsp3) is 0.500. The number of nitrogens with zero attached hydrogens (tertiary/aromatic N) is 2. The topological polar surface area (TPSA) is 114 Å². The number of methoxy groups -OCH3 is 1. The van der Waals surface area contributed by atoms with Gasteiger partial charge in [0.25, 0.3) is 5.91 Å². The number of nitrogens with two attached hydrogens (primary N) is 1. The molecule has 27 heavy (non-hydrogen) atoms. The van der Waals surface area contributed by atoms with Crippen molar-refractivity contribution >= 4 is 23.4 Å². The van der Waals surface area contributed by atoms with E-state index in [4.69, 9.17) is 15.2 Å². The van der Waals surface area contributed by atoms with Gasteiger partial charge < -0.3 is 30.3 Å². The molecule has 1 aromatic carbocycles. The van der Waals surface area contributed by atoms with Crippen LogP contribution in [0.2, 0.25) is 0 Å². The van der Waals surface area contributed by atoms with E-state index in [1.165, 1.54) is 11.9 Å². The Morgan fingerprint density at radius 1 is 1.41 bits per heavy atom. The zero-order valence-electron chi connectivity index (χ0n) is 15.9. The Morgan fingerprint density at radius 3 is 2.81 bits per heavy atom. The van der Waals surface area contributed by atoms with E-state index in [0.717, 1.165) is 5.69 Å². The summed E-state index contributed by atoms with van der Waals surface area (Å²) in [4.78, 5) is 38.7. The van der Waals surface area contributed by atoms with Crippen LogP contribution in [-0.2, 0) is 14.3 Å². The molecule has 1 aliphatic rings. The van der Waals surface area contributed by atoms with Crippen molar-refractivity contribution in [1.82, 2.24) is 10.2 Å². The van der Waals surface area contributed by atoms with Crippen LogP contribution in [-0.4, -0.2) is 76.2 Å². The van der Waals surface area contributed by atoms with Crippen LogP contribution in [0.25, 0.3) is 0 Å². The molecule has 0 saturated heterocycles. The van der Waals surface area contributed by atoms with Crippen molar-refractivity contribution in [3.05, 3.63) is 23.8 Å². The predicted octanol–water partition coefficient (Wildman–Crippen LogP) is -0.406. The molecule has 0 saturated carbocycles. The first-order valence-corrected chi connectivity index (χ1v) is 8.62. The Labute approximate surface area is 158 Å². The Hall–Kier alpha value is -2.81. The normalized spacial score (nSPS) is 15.5. The SMILES string of the molecule is COCCNC(=O)c1ccc2c(c1)N(C)[C@H](CC(=O)N(C)CC(N)=O)CO2. The van der Waals surface area contributed by atoms with Gasteiger partial charge in [-0.2, -0.15) is 0 Å². The highest BCUT2D eigenvalue weighted by molar-refractivity contribution is 5.95. The number of benzene rings is 1. The summed E-state index contributed by atoms with van der Waals surface area (Å²) in [5, 5.41) is 2.77. The van der Waals surface area contributed by atoms with Crippen molar-refractivity contribution in [1.29, 1.82) is 0 Å². The van der Waals surface area contributed by atoms with Crippen molar-refractivity contribution in [3.8, 4) is 5.75 Å². The van der Waals surface area contributed by atoms with Gasteiger partial charge in [0.15, 0.2) is 0 Å². The molecule has 2 rings (SSSR count). The number of rotatable bonds is 8. The second-order valence-corrected chi connectivity index (χ2v) is 6.43. The van der Waals surface area contributed by atoms with Gasteiger partial charge in [-0.1, -0.05) is 0 Å². The summed E-state index contributed by atoms with van der Waals surface area (Å²) in [7, 11) is 4.95. The standard InChI is InChI=1S/C18H26N4O5/c1-21(10-16(19)23)17(24)9-13-11-27-15-5-4-12(8-14(15)22(13)2)18(25)20-6-7-26-3/h4-5,8,13H,6-7,9-11H2,1-3H3,(H2,19,23)(H,20,25)/t13-/m1/s1. The van der Waals surface area contributed by atoms with Gasteiger partial charge >= 0.3 is 0 Å². The number of ether oxygens (including phenoxy) is 2. The van der Waals surface area contributed by atoms with Crippen molar-refractivity contribution in [2.45, 2.75) is 12.5 Å². The number of hydrogen-bond donors (Lipinski definition) is 2. The average molecular weight is 378 g/mol. The van der Waals surface area contributed by atoms with Gasteiger partial charge in [0.2, 0.25) is 11.8 Å². The van der Waals surface area contributed by atoms with E-state index in [1.54, 1.807) is 25.3 Å². The summed E-state index contributed by atoms with van der Waals surface area (Å²) < 4.78 is 10.7. The van der Waals surface area contributed by atoms with Gasteiger partial charge in [-0.05, 0) is 18.2 Å². The second-order valence-electron chi connectivity index (χ2n) is 6.43. The molecule has 3 N–H and O–H groups in total. The largest absolute Gasteiger partial charge is 0.489 e. The fourth-order valence-electron chi connectivity index (χ4n) is 2.79. The van der Waals surface area contributed by atoms with Crippen LogP contribution in [0.5, 0.6) is 5.75 Å². The van der Waals surface area contributed by atoms with Gasteiger partial charge in [-0.25, -0.2) is 0 Å². The molecule has 0 fully saturated rings. The number of amides is 3. The van der Waals surface area contributed by atoms with Crippen LogP contribution in [0.1, 0.15) is 16.8 Å². The lowest BCUT2D eigenvalue weighted by Crippen LogP contribution is -2.45.